The molecule has 0 aliphatic heterocycles. The Morgan fingerprint density at radius 3 is 2.79 bits per heavy atom. The van der Waals surface area contributed by atoms with Crippen molar-refractivity contribution >= 4 is 27.7 Å². The molecule has 4 nitrogen and oxygen atoms in total. The molecule has 0 aliphatic carbocycles. The quantitative estimate of drug-likeness (QED) is 0.929. The van der Waals surface area contributed by atoms with Crippen LogP contribution in [0.15, 0.2) is 33.3 Å². The molecule has 1 heterocycles. The number of aromatic nitrogens is 1. The zero-order valence-electron chi connectivity index (χ0n) is 10.4. The second kappa shape index (κ2) is 5.52. The number of nitrogens with one attached hydrogen (secondary N) is 1. The van der Waals surface area contributed by atoms with Gasteiger partial charge in [0.15, 0.2) is 0 Å². The first-order chi connectivity index (χ1) is 8.97. The number of anilines is 1. The van der Waals surface area contributed by atoms with Crippen LogP contribution in [0, 0.1) is 5.82 Å². The summed E-state index contributed by atoms with van der Waals surface area (Å²) >= 11 is 3.19. The van der Waals surface area contributed by atoms with Crippen LogP contribution in [0.1, 0.15) is 35.8 Å². The van der Waals surface area contributed by atoms with Crippen LogP contribution in [0.25, 0.3) is 0 Å². The van der Waals surface area contributed by atoms with Gasteiger partial charge in [-0.1, -0.05) is 34.9 Å². The minimum atomic E-state index is -0.593. The van der Waals surface area contributed by atoms with Gasteiger partial charge in [0.05, 0.1) is 11.3 Å². The Bertz CT molecular complexity index is 610. The SMILES string of the molecule is CC(C)c1cc(NC(=O)c2cc(Br)ccc2F)on1. The second-order valence-electron chi connectivity index (χ2n) is 4.35. The van der Waals surface area contributed by atoms with Crippen LogP contribution in [-0.4, -0.2) is 11.1 Å². The Morgan fingerprint density at radius 2 is 2.16 bits per heavy atom. The number of hydrogen-bond donors (Lipinski definition) is 1. The van der Waals surface area contributed by atoms with E-state index < -0.39 is 11.7 Å². The maximum atomic E-state index is 13.5. The number of benzene rings is 1. The van der Waals surface area contributed by atoms with E-state index in [4.69, 9.17) is 4.52 Å². The van der Waals surface area contributed by atoms with Crippen molar-refractivity contribution in [2.45, 2.75) is 19.8 Å². The fourth-order valence-electron chi connectivity index (χ4n) is 1.47. The zero-order valence-corrected chi connectivity index (χ0v) is 12.0. The van der Waals surface area contributed by atoms with Crippen LogP contribution in [0.4, 0.5) is 10.3 Å². The molecule has 0 saturated carbocycles. The molecule has 0 unspecified atom stereocenters. The fourth-order valence-corrected chi connectivity index (χ4v) is 1.83. The first-order valence-electron chi connectivity index (χ1n) is 5.70. The Kier molecular flexibility index (Phi) is 3.99. The van der Waals surface area contributed by atoms with Gasteiger partial charge in [0.25, 0.3) is 5.91 Å². The molecule has 1 aromatic carbocycles. The van der Waals surface area contributed by atoms with Gasteiger partial charge in [-0.2, -0.15) is 0 Å². The normalized spacial score (nSPS) is 10.8. The third kappa shape index (κ3) is 3.20. The molecule has 1 aromatic heterocycles. The molecule has 0 fully saturated rings. The van der Waals surface area contributed by atoms with Crippen molar-refractivity contribution < 1.29 is 13.7 Å². The van der Waals surface area contributed by atoms with Crippen molar-refractivity contribution in [1.82, 2.24) is 5.16 Å². The summed E-state index contributed by atoms with van der Waals surface area (Å²) in [6.07, 6.45) is 0. The molecule has 100 valence electrons. The van der Waals surface area contributed by atoms with E-state index in [1.165, 1.54) is 18.2 Å². The van der Waals surface area contributed by atoms with E-state index in [0.717, 1.165) is 5.69 Å². The average molecular weight is 327 g/mol. The summed E-state index contributed by atoms with van der Waals surface area (Å²) in [4.78, 5) is 11.9. The van der Waals surface area contributed by atoms with Crippen molar-refractivity contribution in [2.75, 3.05) is 5.32 Å². The Hall–Kier alpha value is -1.69. The minimum Gasteiger partial charge on any atom is -0.338 e. The number of nitrogens with zero attached hydrogens (tertiary/aromatic N) is 1. The van der Waals surface area contributed by atoms with Gasteiger partial charge in [-0.25, -0.2) is 4.39 Å². The third-order valence-electron chi connectivity index (χ3n) is 2.53. The Labute approximate surface area is 118 Å². The molecule has 19 heavy (non-hydrogen) atoms. The maximum absolute atomic E-state index is 13.5. The molecular weight excluding hydrogens is 315 g/mol. The molecule has 2 rings (SSSR count). The van der Waals surface area contributed by atoms with Gasteiger partial charge < -0.3 is 4.52 Å². The summed E-state index contributed by atoms with van der Waals surface area (Å²) in [5.74, 6) is -0.778. The molecule has 0 aliphatic rings. The molecule has 0 radical (unpaired) electrons. The Balaban J connectivity index is 2.18. The standard InChI is InChI=1S/C13H12BrFN2O2/c1-7(2)11-6-12(19-17-11)16-13(18)9-5-8(14)3-4-10(9)15/h3-7H,1-2H3,(H,16,18). The van der Waals surface area contributed by atoms with E-state index in [0.29, 0.717) is 4.47 Å². The number of amides is 1. The van der Waals surface area contributed by atoms with Crippen molar-refractivity contribution in [3.05, 3.63) is 45.8 Å². The smallest absolute Gasteiger partial charge is 0.261 e. The van der Waals surface area contributed by atoms with Crippen LogP contribution >= 0.6 is 15.9 Å². The van der Waals surface area contributed by atoms with Gasteiger partial charge in [0.2, 0.25) is 5.88 Å². The maximum Gasteiger partial charge on any atom is 0.261 e. The molecular formula is C13H12BrFN2O2. The highest BCUT2D eigenvalue weighted by Crippen LogP contribution is 2.20. The Morgan fingerprint density at radius 1 is 1.42 bits per heavy atom. The van der Waals surface area contributed by atoms with Crippen molar-refractivity contribution in [2.24, 2.45) is 0 Å². The number of hydrogen-bond acceptors (Lipinski definition) is 3. The number of rotatable bonds is 3. The summed E-state index contributed by atoms with van der Waals surface area (Å²) in [5.41, 5.74) is 0.668. The lowest BCUT2D eigenvalue weighted by Gasteiger charge is -2.03. The van der Waals surface area contributed by atoms with Crippen LogP contribution in [0.5, 0.6) is 0 Å². The van der Waals surface area contributed by atoms with Gasteiger partial charge in [-0.3, -0.25) is 10.1 Å². The summed E-state index contributed by atoms with van der Waals surface area (Å²) in [6, 6.07) is 5.78. The van der Waals surface area contributed by atoms with E-state index >= 15 is 0 Å². The molecule has 1 N–H and O–H groups in total. The van der Waals surface area contributed by atoms with E-state index in [-0.39, 0.29) is 17.4 Å². The summed E-state index contributed by atoms with van der Waals surface area (Å²) in [5, 5.41) is 6.28. The highest BCUT2D eigenvalue weighted by molar-refractivity contribution is 9.10. The van der Waals surface area contributed by atoms with Crippen molar-refractivity contribution in [3.63, 3.8) is 0 Å². The topological polar surface area (TPSA) is 55.1 Å². The molecule has 1 amide bonds. The van der Waals surface area contributed by atoms with Crippen LogP contribution < -0.4 is 5.32 Å². The van der Waals surface area contributed by atoms with Crippen LogP contribution in [0.2, 0.25) is 0 Å². The van der Waals surface area contributed by atoms with Crippen LogP contribution in [-0.2, 0) is 0 Å². The lowest BCUT2D eigenvalue weighted by Crippen LogP contribution is -2.13. The molecule has 2 aromatic rings. The lowest BCUT2D eigenvalue weighted by molar-refractivity contribution is 0.102. The summed E-state index contributed by atoms with van der Waals surface area (Å²) in [7, 11) is 0. The van der Waals surface area contributed by atoms with E-state index in [1.807, 2.05) is 13.8 Å². The first-order valence-corrected chi connectivity index (χ1v) is 6.49. The van der Waals surface area contributed by atoms with Gasteiger partial charge in [-0.05, 0) is 24.1 Å². The largest absolute Gasteiger partial charge is 0.338 e. The lowest BCUT2D eigenvalue weighted by atomic mass is 10.1. The van der Waals surface area contributed by atoms with Gasteiger partial charge in [0.1, 0.15) is 5.82 Å². The van der Waals surface area contributed by atoms with Gasteiger partial charge >= 0.3 is 0 Å². The number of carbonyl (C=O) groups excluding carboxylic acids is 1. The predicted molar refractivity (Wildman–Crippen MR) is 72.6 cm³/mol. The highest BCUT2D eigenvalue weighted by atomic mass is 79.9. The number of carbonyl (C=O) groups is 1. The van der Waals surface area contributed by atoms with E-state index in [1.54, 1.807) is 6.07 Å². The molecule has 0 bridgehead atoms. The highest BCUT2D eigenvalue weighted by Gasteiger charge is 2.15. The van der Waals surface area contributed by atoms with E-state index in [9.17, 15) is 9.18 Å². The zero-order chi connectivity index (χ0) is 14.0. The van der Waals surface area contributed by atoms with Crippen molar-refractivity contribution in [3.8, 4) is 0 Å². The van der Waals surface area contributed by atoms with E-state index in [2.05, 4.69) is 26.4 Å². The molecule has 0 saturated heterocycles. The second-order valence-corrected chi connectivity index (χ2v) is 5.26. The van der Waals surface area contributed by atoms with Gasteiger partial charge in [0, 0.05) is 10.5 Å². The average Bonchev–Trinajstić information content (AvgIpc) is 2.80. The third-order valence-corrected chi connectivity index (χ3v) is 3.02. The first kappa shape index (κ1) is 13.7. The minimum absolute atomic E-state index is 0.0585. The number of halogens is 2. The monoisotopic (exact) mass is 326 g/mol. The fraction of sp³-hybridized carbons (Fsp3) is 0.231. The molecule has 6 heteroatoms. The molecule has 0 spiro atoms. The predicted octanol–water partition coefficient (Wildman–Crippen LogP) is 3.95. The van der Waals surface area contributed by atoms with Gasteiger partial charge in [-0.15, -0.1) is 0 Å². The van der Waals surface area contributed by atoms with Crippen molar-refractivity contribution in [1.29, 1.82) is 0 Å². The van der Waals surface area contributed by atoms with Crippen LogP contribution in [0.3, 0.4) is 0 Å². The summed E-state index contributed by atoms with van der Waals surface area (Å²) < 4.78 is 19.1. The summed E-state index contributed by atoms with van der Waals surface area (Å²) in [6.45, 7) is 3.91. The molecule has 0 atom stereocenters.